The second-order valence-electron chi connectivity index (χ2n) is 4.83. The first kappa shape index (κ1) is 10.7. The van der Waals surface area contributed by atoms with Gasteiger partial charge >= 0.3 is 0 Å². The third-order valence-electron chi connectivity index (χ3n) is 3.10. The van der Waals surface area contributed by atoms with Gasteiger partial charge in [-0.25, -0.2) is 0 Å². The van der Waals surface area contributed by atoms with Crippen LogP contribution in [0.5, 0.6) is 0 Å². The second-order valence-corrected chi connectivity index (χ2v) is 4.83. The largest absolute Gasteiger partial charge is 0.385 e. The molecule has 0 saturated heterocycles. The molecule has 0 spiro atoms. The van der Waals surface area contributed by atoms with E-state index in [1.165, 1.54) is 0 Å². The Balaban J connectivity index is 2.32. The van der Waals surface area contributed by atoms with Crippen molar-refractivity contribution in [1.29, 1.82) is 0 Å². The fourth-order valence-electron chi connectivity index (χ4n) is 1.73. The van der Waals surface area contributed by atoms with Crippen molar-refractivity contribution in [1.82, 2.24) is 0 Å². The van der Waals surface area contributed by atoms with Crippen LogP contribution in [0.2, 0.25) is 0 Å². The summed E-state index contributed by atoms with van der Waals surface area (Å²) in [5.41, 5.74) is 0.276. The van der Waals surface area contributed by atoms with Gasteiger partial charge in [-0.1, -0.05) is 20.8 Å². The molecule has 1 rings (SSSR count). The van der Waals surface area contributed by atoms with Crippen LogP contribution in [0.25, 0.3) is 0 Å². The third kappa shape index (κ3) is 2.53. The maximum absolute atomic E-state index is 11.8. The zero-order valence-corrected chi connectivity index (χ0v) is 9.09. The van der Waals surface area contributed by atoms with Gasteiger partial charge in [0.2, 0.25) is 0 Å². The fraction of sp³-hybridized carbons (Fsp3) is 0.909. The minimum Gasteiger partial charge on any atom is -0.385 e. The number of carbonyl (C=O) groups excluding carboxylic acids is 1. The van der Waals surface area contributed by atoms with Crippen LogP contribution < -0.4 is 0 Å². The van der Waals surface area contributed by atoms with Gasteiger partial charge in [-0.15, -0.1) is 0 Å². The highest BCUT2D eigenvalue weighted by atomic mass is 16.5. The lowest BCUT2D eigenvalue weighted by Crippen LogP contribution is -2.17. The molecule has 0 aliphatic heterocycles. The highest BCUT2D eigenvalue weighted by Crippen LogP contribution is 2.53. The molecule has 1 aliphatic rings. The molecule has 1 aliphatic carbocycles. The van der Waals surface area contributed by atoms with Gasteiger partial charge in [-0.05, 0) is 18.3 Å². The van der Waals surface area contributed by atoms with Gasteiger partial charge in [0, 0.05) is 25.6 Å². The van der Waals surface area contributed by atoms with Crippen molar-refractivity contribution in [3.8, 4) is 0 Å². The normalized spacial score (nSPS) is 26.9. The van der Waals surface area contributed by atoms with E-state index in [2.05, 4.69) is 13.8 Å². The molecule has 0 heterocycles. The van der Waals surface area contributed by atoms with Crippen molar-refractivity contribution in [2.75, 3.05) is 13.7 Å². The number of ether oxygens (including phenoxy) is 1. The molecule has 0 aromatic rings. The maximum atomic E-state index is 11.8. The van der Waals surface area contributed by atoms with Crippen LogP contribution in [0.1, 0.15) is 33.6 Å². The SMILES string of the molecule is COCCC(C)C(=O)C1CC1(C)C. The summed E-state index contributed by atoms with van der Waals surface area (Å²) in [5.74, 6) is 0.924. The predicted octanol–water partition coefficient (Wildman–Crippen LogP) is 2.27. The zero-order valence-electron chi connectivity index (χ0n) is 9.09. The standard InChI is InChI=1S/C11H20O2/c1-8(5-6-13-4)10(12)9-7-11(9,2)3/h8-9H,5-7H2,1-4H3. The molecule has 2 atom stereocenters. The van der Waals surface area contributed by atoms with Crippen molar-refractivity contribution < 1.29 is 9.53 Å². The van der Waals surface area contributed by atoms with Crippen LogP contribution in [0.15, 0.2) is 0 Å². The van der Waals surface area contributed by atoms with E-state index in [-0.39, 0.29) is 11.3 Å². The molecule has 0 amide bonds. The van der Waals surface area contributed by atoms with Gasteiger partial charge in [0.25, 0.3) is 0 Å². The van der Waals surface area contributed by atoms with E-state index in [0.717, 1.165) is 12.8 Å². The maximum Gasteiger partial charge on any atom is 0.139 e. The van der Waals surface area contributed by atoms with E-state index in [4.69, 9.17) is 4.74 Å². The Morgan fingerprint density at radius 3 is 2.54 bits per heavy atom. The number of hydrogen-bond acceptors (Lipinski definition) is 2. The second kappa shape index (κ2) is 3.79. The summed E-state index contributed by atoms with van der Waals surface area (Å²) < 4.78 is 4.96. The molecule has 0 aromatic heterocycles. The van der Waals surface area contributed by atoms with Crippen LogP contribution in [0, 0.1) is 17.3 Å². The molecule has 0 aromatic carbocycles. The van der Waals surface area contributed by atoms with Gasteiger partial charge in [0.15, 0.2) is 0 Å². The van der Waals surface area contributed by atoms with Crippen LogP contribution in [0.4, 0.5) is 0 Å². The molecule has 0 radical (unpaired) electrons. The highest BCUT2D eigenvalue weighted by Gasteiger charge is 2.50. The Bertz CT molecular complexity index is 196. The summed E-state index contributed by atoms with van der Waals surface area (Å²) in [4.78, 5) is 11.8. The molecule has 1 fully saturated rings. The summed E-state index contributed by atoms with van der Waals surface area (Å²) in [5, 5.41) is 0. The van der Waals surface area contributed by atoms with Crippen LogP contribution in [-0.2, 0) is 9.53 Å². The summed E-state index contributed by atoms with van der Waals surface area (Å²) in [6.45, 7) is 7.03. The number of carbonyl (C=O) groups is 1. The molecule has 1 saturated carbocycles. The number of rotatable bonds is 5. The molecule has 2 unspecified atom stereocenters. The summed E-state index contributed by atoms with van der Waals surface area (Å²) in [6, 6.07) is 0. The van der Waals surface area contributed by atoms with Gasteiger partial charge in [0.1, 0.15) is 5.78 Å². The zero-order chi connectivity index (χ0) is 10.1. The molecule has 2 nitrogen and oxygen atoms in total. The molecule has 0 N–H and O–H groups in total. The van der Waals surface area contributed by atoms with E-state index < -0.39 is 0 Å². The average molecular weight is 184 g/mol. The van der Waals surface area contributed by atoms with Crippen LogP contribution >= 0.6 is 0 Å². The third-order valence-corrected chi connectivity index (χ3v) is 3.10. The number of Topliss-reactive ketones (excluding diaryl/α,β-unsaturated/α-hetero) is 1. The van der Waals surface area contributed by atoms with Gasteiger partial charge in [0.05, 0.1) is 0 Å². The Labute approximate surface area is 80.7 Å². The van der Waals surface area contributed by atoms with E-state index in [1.807, 2.05) is 6.92 Å². The lowest BCUT2D eigenvalue weighted by atomic mass is 9.95. The fourth-order valence-corrected chi connectivity index (χ4v) is 1.73. The van der Waals surface area contributed by atoms with Gasteiger partial charge in [-0.3, -0.25) is 4.79 Å². The summed E-state index contributed by atoms with van der Waals surface area (Å²) >= 11 is 0. The molecule has 0 bridgehead atoms. The summed E-state index contributed by atoms with van der Waals surface area (Å²) in [7, 11) is 1.68. The van der Waals surface area contributed by atoms with Gasteiger partial charge in [-0.2, -0.15) is 0 Å². The minimum absolute atomic E-state index is 0.173. The average Bonchev–Trinajstić information content (AvgIpc) is 2.69. The Kier molecular flexibility index (Phi) is 3.12. The lowest BCUT2D eigenvalue weighted by Gasteiger charge is -2.10. The molecular formula is C11H20O2. The number of hydrogen-bond donors (Lipinski definition) is 0. The van der Waals surface area contributed by atoms with Crippen LogP contribution in [0.3, 0.4) is 0 Å². The van der Waals surface area contributed by atoms with E-state index in [0.29, 0.717) is 18.3 Å². The Morgan fingerprint density at radius 2 is 2.15 bits per heavy atom. The first-order chi connectivity index (χ1) is 5.99. The quantitative estimate of drug-likeness (QED) is 0.655. The smallest absolute Gasteiger partial charge is 0.139 e. The topological polar surface area (TPSA) is 26.3 Å². The first-order valence-electron chi connectivity index (χ1n) is 5.01. The number of ketones is 1. The number of methoxy groups -OCH3 is 1. The molecule has 13 heavy (non-hydrogen) atoms. The van der Waals surface area contributed by atoms with Crippen molar-refractivity contribution in [2.45, 2.75) is 33.6 Å². The van der Waals surface area contributed by atoms with Crippen molar-refractivity contribution in [2.24, 2.45) is 17.3 Å². The van der Waals surface area contributed by atoms with Crippen molar-refractivity contribution >= 4 is 5.78 Å². The molecular weight excluding hydrogens is 164 g/mol. The lowest BCUT2D eigenvalue weighted by molar-refractivity contribution is -0.124. The highest BCUT2D eigenvalue weighted by molar-refractivity contribution is 5.86. The predicted molar refractivity (Wildman–Crippen MR) is 52.6 cm³/mol. The molecule has 2 heteroatoms. The Morgan fingerprint density at radius 1 is 1.62 bits per heavy atom. The minimum atomic E-state index is 0.173. The van der Waals surface area contributed by atoms with E-state index in [1.54, 1.807) is 7.11 Å². The summed E-state index contributed by atoms with van der Waals surface area (Å²) in [6.07, 6.45) is 1.94. The first-order valence-corrected chi connectivity index (χ1v) is 5.01. The van der Waals surface area contributed by atoms with E-state index in [9.17, 15) is 4.79 Å². The van der Waals surface area contributed by atoms with Gasteiger partial charge < -0.3 is 4.74 Å². The Hall–Kier alpha value is -0.370. The van der Waals surface area contributed by atoms with Crippen molar-refractivity contribution in [3.63, 3.8) is 0 Å². The van der Waals surface area contributed by atoms with E-state index >= 15 is 0 Å². The monoisotopic (exact) mass is 184 g/mol. The molecule has 76 valence electrons. The van der Waals surface area contributed by atoms with Crippen LogP contribution in [-0.4, -0.2) is 19.5 Å². The van der Waals surface area contributed by atoms with Crippen molar-refractivity contribution in [3.05, 3.63) is 0 Å².